The van der Waals surface area contributed by atoms with E-state index in [0.717, 1.165) is 21.2 Å². The van der Waals surface area contributed by atoms with E-state index in [-0.39, 0.29) is 11.2 Å². The molecule has 1 aromatic carbocycles. The van der Waals surface area contributed by atoms with E-state index >= 15 is 0 Å². The highest BCUT2D eigenvalue weighted by atomic mass is 32.1. The van der Waals surface area contributed by atoms with Gasteiger partial charge >= 0.3 is 0 Å². The highest BCUT2D eigenvalue weighted by Gasteiger charge is 2.24. The van der Waals surface area contributed by atoms with Gasteiger partial charge in [0.15, 0.2) is 11.5 Å². The third-order valence-corrected chi connectivity index (χ3v) is 4.03. The summed E-state index contributed by atoms with van der Waals surface area (Å²) in [5, 5.41) is 13.3. The quantitative estimate of drug-likeness (QED) is 0.821. The van der Waals surface area contributed by atoms with Gasteiger partial charge in [-0.2, -0.15) is 0 Å². The molecular formula is C14H18O2S. The van der Waals surface area contributed by atoms with Crippen molar-refractivity contribution in [2.75, 3.05) is 7.11 Å². The molecule has 0 atom stereocenters. The first-order chi connectivity index (χ1) is 7.86. The predicted molar refractivity (Wildman–Crippen MR) is 73.5 cm³/mol. The van der Waals surface area contributed by atoms with Gasteiger partial charge in [0, 0.05) is 15.6 Å². The predicted octanol–water partition coefficient (Wildman–Crippen LogP) is 4.22. The van der Waals surface area contributed by atoms with Crippen molar-refractivity contribution in [1.29, 1.82) is 0 Å². The highest BCUT2D eigenvalue weighted by Crippen LogP contribution is 2.45. The average molecular weight is 250 g/mol. The van der Waals surface area contributed by atoms with Gasteiger partial charge in [-0.15, -0.1) is 11.3 Å². The van der Waals surface area contributed by atoms with Crippen molar-refractivity contribution < 1.29 is 9.84 Å². The first kappa shape index (κ1) is 12.2. The Labute approximate surface area is 106 Å². The van der Waals surface area contributed by atoms with Crippen LogP contribution >= 0.6 is 11.3 Å². The average Bonchev–Trinajstić information content (AvgIpc) is 2.59. The van der Waals surface area contributed by atoms with Gasteiger partial charge in [0.05, 0.1) is 7.11 Å². The van der Waals surface area contributed by atoms with Crippen LogP contribution in [0.15, 0.2) is 11.4 Å². The highest BCUT2D eigenvalue weighted by molar-refractivity contribution is 7.17. The number of fused-ring (bicyclic) bond motifs is 1. The van der Waals surface area contributed by atoms with Crippen LogP contribution in [-0.2, 0) is 5.41 Å². The van der Waals surface area contributed by atoms with Crippen LogP contribution in [0, 0.1) is 6.92 Å². The summed E-state index contributed by atoms with van der Waals surface area (Å²) >= 11 is 1.66. The van der Waals surface area contributed by atoms with E-state index in [0.29, 0.717) is 5.75 Å². The second-order valence-corrected chi connectivity index (χ2v) is 6.26. The van der Waals surface area contributed by atoms with Crippen molar-refractivity contribution in [3.63, 3.8) is 0 Å². The lowest BCUT2D eigenvalue weighted by molar-refractivity contribution is 0.363. The van der Waals surface area contributed by atoms with Crippen LogP contribution in [-0.4, -0.2) is 12.2 Å². The fraction of sp³-hybridized carbons (Fsp3) is 0.429. The van der Waals surface area contributed by atoms with E-state index < -0.39 is 0 Å². The number of ether oxygens (including phenoxy) is 1. The second-order valence-electron chi connectivity index (χ2n) is 5.35. The van der Waals surface area contributed by atoms with Gasteiger partial charge in [-0.1, -0.05) is 20.8 Å². The van der Waals surface area contributed by atoms with E-state index in [2.05, 4.69) is 32.2 Å². The number of phenols is 1. The summed E-state index contributed by atoms with van der Waals surface area (Å²) in [7, 11) is 1.61. The summed E-state index contributed by atoms with van der Waals surface area (Å²) in [6.45, 7) is 8.37. The molecule has 0 bridgehead atoms. The molecule has 0 saturated carbocycles. The number of rotatable bonds is 1. The number of phenolic OH excluding ortho intramolecular Hbond substituents is 1. The van der Waals surface area contributed by atoms with E-state index in [1.807, 2.05) is 6.92 Å². The number of aryl methyl sites for hydroxylation is 1. The summed E-state index contributed by atoms with van der Waals surface area (Å²) in [5.74, 6) is 0.875. The van der Waals surface area contributed by atoms with Crippen molar-refractivity contribution >= 4 is 21.4 Å². The van der Waals surface area contributed by atoms with Gasteiger partial charge in [-0.25, -0.2) is 0 Å². The maximum absolute atomic E-state index is 10.3. The Bertz CT molecular complexity index is 562. The Balaban J connectivity index is 2.86. The third kappa shape index (κ3) is 1.89. The largest absolute Gasteiger partial charge is 0.504 e. The molecule has 3 heteroatoms. The zero-order valence-corrected chi connectivity index (χ0v) is 11.7. The Kier molecular flexibility index (Phi) is 2.82. The van der Waals surface area contributed by atoms with Crippen molar-refractivity contribution in [2.45, 2.75) is 33.1 Å². The molecule has 0 radical (unpaired) electrons. The summed E-state index contributed by atoms with van der Waals surface area (Å²) in [5.41, 5.74) is 2.10. The number of hydrogen-bond acceptors (Lipinski definition) is 3. The molecule has 0 spiro atoms. The smallest absolute Gasteiger partial charge is 0.167 e. The summed E-state index contributed by atoms with van der Waals surface area (Å²) in [6, 6.07) is 2.13. The molecule has 92 valence electrons. The molecule has 1 aromatic heterocycles. The SMILES string of the molecule is COc1c(C(C)(C)C)cc2scc(C)c2c1O. The fourth-order valence-electron chi connectivity index (χ4n) is 2.08. The van der Waals surface area contributed by atoms with E-state index in [9.17, 15) is 5.11 Å². The van der Waals surface area contributed by atoms with Crippen LogP contribution in [0.4, 0.5) is 0 Å². The van der Waals surface area contributed by atoms with Gasteiger partial charge in [-0.05, 0) is 29.3 Å². The van der Waals surface area contributed by atoms with Crippen LogP contribution in [0.25, 0.3) is 10.1 Å². The van der Waals surface area contributed by atoms with Crippen LogP contribution < -0.4 is 4.74 Å². The van der Waals surface area contributed by atoms with E-state index in [4.69, 9.17) is 4.74 Å². The Morgan fingerprint density at radius 2 is 1.94 bits per heavy atom. The maximum atomic E-state index is 10.3. The van der Waals surface area contributed by atoms with Gasteiger partial charge in [-0.3, -0.25) is 0 Å². The molecule has 0 saturated heterocycles. The molecule has 1 N–H and O–H groups in total. The van der Waals surface area contributed by atoms with Crippen molar-refractivity contribution in [3.05, 3.63) is 22.6 Å². The van der Waals surface area contributed by atoms with Gasteiger partial charge in [0.1, 0.15) is 0 Å². The molecule has 2 nitrogen and oxygen atoms in total. The first-order valence-electron chi connectivity index (χ1n) is 5.64. The molecular weight excluding hydrogens is 232 g/mol. The monoisotopic (exact) mass is 250 g/mol. The molecule has 0 fully saturated rings. The van der Waals surface area contributed by atoms with Crippen LogP contribution in [0.2, 0.25) is 0 Å². The topological polar surface area (TPSA) is 29.5 Å². The fourth-order valence-corrected chi connectivity index (χ4v) is 3.06. The van der Waals surface area contributed by atoms with Crippen molar-refractivity contribution in [1.82, 2.24) is 0 Å². The minimum absolute atomic E-state index is 0.0467. The van der Waals surface area contributed by atoms with Crippen LogP contribution in [0.3, 0.4) is 0 Å². The number of methoxy groups -OCH3 is 1. The number of benzene rings is 1. The van der Waals surface area contributed by atoms with E-state index in [1.165, 1.54) is 0 Å². The Morgan fingerprint density at radius 1 is 1.29 bits per heavy atom. The van der Waals surface area contributed by atoms with Crippen LogP contribution in [0.5, 0.6) is 11.5 Å². The lowest BCUT2D eigenvalue weighted by atomic mass is 9.85. The Morgan fingerprint density at radius 3 is 2.47 bits per heavy atom. The minimum atomic E-state index is -0.0467. The number of aromatic hydroxyl groups is 1. The number of thiophene rings is 1. The first-order valence-corrected chi connectivity index (χ1v) is 6.52. The molecule has 0 aliphatic rings. The molecule has 1 heterocycles. The second kappa shape index (κ2) is 3.91. The van der Waals surface area contributed by atoms with Gasteiger partial charge in [0.2, 0.25) is 0 Å². The van der Waals surface area contributed by atoms with Crippen molar-refractivity contribution in [2.24, 2.45) is 0 Å². The number of hydrogen-bond donors (Lipinski definition) is 1. The molecule has 0 unspecified atom stereocenters. The minimum Gasteiger partial charge on any atom is -0.504 e. The molecule has 0 aliphatic carbocycles. The van der Waals surface area contributed by atoms with Gasteiger partial charge < -0.3 is 9.84 Å². The summed E-state index contributed by atoms with van der Waals surface area (Å²) < 4.78 is 6.51. The summed E-state index contributed by atoms with van der Waals surface area (Å²) in [4.78, 5) is 0. The molecule has 17 heavy (non-hydrogen) atoms. The summed E-state index contributed by atoms with van der Waals surface area (Å²) in [6.07, 6.45) is 0. The van der Waals surface area contributed by atoms with Gasteiger partial charge in [0.25, 0.3) is 0 Å². The van der Waals surface area contributed by atoms with E-state index in [1.54, 1.807) is 18.4 Å². The zero-order chi connectivity index (χ0) is 12.8. The zero-order valence-electron chi connectivity index (χ0n) is 10.9. The molecule has 0 aliphatic heterocycles. The lowest BCUT2D eigenvalue weighted by Crippen LogP contribution is -2.12. The molecule has 0 amide bonds. The molecule has 2 rings (SSSR count). The lowest BCUT2D eigenvalue weighted by Gasteiger charge is -2.23. The molecule has 2 aromatic rings. The van der Waals surface area contributed by atoms with Crippen molar-refractivity contribution in [3.8, 4) is 11.5 Å². The maximum Gasteiger partial charge on any atom is 0.167 e. The third-order valence-electron chi connectivity index (χ3n) is 2.99. The van der Waals surface area contributed by atoms with Crippen LogP contribution in [0.1, 0.15) is 31.9 Å². The Hall–Kier alpha value is -1.22. The standard InChI is InChI=1S/C14H18O2S/c1-8-7-17-10-6-9(14(2,3)4)13(16-5)12(15)11(8)10/h6-7,15H,1-5H3. The normalized spacial score (nSPS) is 12.1.